The molecule has 0 amide bonds. The van der Waals surface area contributed by atoms with E-state index in [0.717, 1.165) is 20.2 Å². The smallest absolute Gasteiger partial charge is 0.173 e. The predicted octanol–water partition coefficient (Wildman–Crippen LogP) is 6.60. The van der Waals surface area contributed by atoms with Crippen LogP contribution in [0.1, 0.15) is 68.0 Å². The topological polar surface area (TPSA) is 17.1 Å². The van der Waals surface area contributed by atoms with Gasteiger partial charge in [0.25, 0.3) is 0 Å². The van der Waals surface area contributed by atoms with Crippen molar-refractivity contribution in [3.8, 4) is 0 Å². The lowest BCUT2D eigenvalue weighted by atomic mass is 10.1. The SMILES string of the molecule is CCCCCCCCCC(=O)c1scc(Br)c1Br. The average molecular weight is 396 g/mol. The number of Topliss-reactive ketones (excluding diaryl/α,β-unsaturated/α-hetero) is 1. The Morgan fingerprint density at radius 2 is 1.72 bits per heavy atom. The van der Waals surface area contributed by atoms with E-state index < -0.39 is 0 Å². The summed E-state index contributed by atoms with van der Waals surface area (Å²) >= 11 is 8.37. The van der Waals surface area contributed by atoms with E-state index in [1.807, 2.05) is 5.38 Å². The Labute approximate surface area is 131 Å². The maximum atomic E-state index is 12.0. The Bertz CT molecular complexity index is 374. The summed E-state index contributed by atoms with van der Waals surface area (Å²) in [5, 5.41) is 1.96. The zero-order valence-electron chi connectivity index (χ0n) is 10.8. The molecule has 0 atom stereocenters. The summed E-state index contributed by atoms with van der Waals surface area (Å²) in [6.45, 7) is 2.23. The molecule has 0 unspecified atom stereocenters. The zero-order valence-corrected chi connectivity index (χ0v) is 14.8. The molecule has 1 nitrogen and oxygen atoms in total. The molecule has 0 bridgehead atoms. The van der Waals surface area contributed by atoms with Crippen molar-refractivity contribution in [1.82, 2.24) is 0 Å². The Balaban J connectivity index is 2.16. The van der Waals surface area contributed by atoms with E-state index in [1.165, 1.54) is 49.9 Å². The molecule has 0 spiro atoms. The molecule has 1 heterocycles. The summed E-state index contributed by atoms with van der Waals surface area (Å²) in [7, 11) is 0. The minimum Gasteiger partial charge on any atom is -0.293 e. The number of halogens is 2. The van der Waals surface area contributed by atoms with Crippen molar-refractivity contribution in [3.63, 3.8) is 0 Å². The van der Waals surface area contributed by atoms with Crippen molar-refractivity contribution in [2.45, 2.75) is 58.3 Å². The second kappa shape index (κ2) is 9.27. The molecule has 0 radical (unpaired) electrons. The molecular formula is C14H20Br2OS. The van der Waals surface area contributed by atoms with Crippen molar-refractivity contribution in [1.29, 1.82) is 0 Å². The Morgan fingerprint density at radius 1 is 1.11 bits per heavy atom. The van der Waals surface area contributed by atoms with Crippen LogP contribution in [-0.2, 0) is 0 Å². The van der Waals surface area contributed by atoms with Gasteiger partial charge in [0, 0.05) is 16.3 Å². The molecule has 0 saturated carbocycles. The van der Waals surface area contributed by atoms with Crippen LogP contribution >= 0.6 is 43.2 Å². The first-order valence-corrected chi connectivity index (χ1v) is 9.09. The molecule has 4 heteroatoms. The fourth-order valence-corrected chi connectivity index (χ4v) is 4.03. The summed E-state index contributed by atoms with van der Waals surface area (Å²) in [4.78, 5) is 12.8. The lowest BCUT2D eigenvalue weighted by Gasteiger charge is -2.01. The van der Waals surface area contributed by atoms with Crippen molar-refractivity contribution in [2.75, 3.05) is 0 Å². The molecule has 0 fully saturated rings. The molecule has 0 aliphatic heterocycles. The van der Waals surface area contributed by atoms with Gasteiger partial charge in [-0.2, -0.15) is 0 Å². The highest BCUT2D eigenvalue weighted by Crippen LogP contribution is 2.33. The molecule has 1 aromatic rings. The third-order valence-electron chi connectivity index (χ3n) is 2.95. The largest absolute Gasteiger partial charge is 0.293 e. The minimum atomic E-state index is 0.270. The molecule has 0 aliphatic carbocycles. The van der Waals surface area contributed by atoms with E-state index in [4.69, 9.17) is 0 Å². The number of hydrogen-bond acceptors (Lipinski definition) is 2. The van der Waals surface area contributed by atoms with Gasteiger partial charge >= 0.3 is 0 Å². The highest BCUT2D eigenvalue weighted by molar-refractivity contribution is 9.13. The average Bonchev–Trinajstić information content (AvgIpc) is 2.69. The van der Waals surface area contributed by atoms with Crippen LogP contribution in [0.2, 0.25) is 0 Å². The van der Waals surface area contributed by atoms with E-state index in [1.54, 1.807) is 0 Å². The molecule has 18 heavy (non-hydrogen) atoms. The van der Waals surface area contributed by atoms with Crippen LogP contribution in [0.5, 0.6) is 0 Å². The molecule has 0 saturated heterocycles. The highest BCUT2D eigenvalue weighted by Gasteiger charge is 2.14. The molecule has 0 aromatic carbocycles. The van der Waals surface area contributed by atoms with Crippen LogP contribution in [0.4, 0.5) is 0 Å². The molecule has 1 rings (SSSR count). The zero-order chi connectivity index (χ0) is 13.4. The van der Waals surface area contributed by atoms with Crippen LogP contribution in [-0.4, -0.2) is 5.78 Å². The van der Waals surface area contributed by atoms with Crippen LogP contribution in [0.25, 0.3) is 0 Å². The third-order valence-corrected chi connectivity index (χ3v) is 6.52. The molecule has 0 N–H and O–H groups in total. The second-order valence-corrected chi connectivity index (χ2v) is 7.05. The number of carbonyl (C=O) groups excluding carboxylic acids is 1. The Hall–Kier alpha value is 0.330. The van der Waals surface area contributed by atoms with Crippen LogP contribution < -0.4 is 0 Å². The van der Waals surface area contributed by atoms with Gasteiger partial charge < -0.3 is 0 Å². The van der Waals surface area contributed by atoms with Gasteiger partial charge in [0.05, 0.1) is 9.35 Å². The molecule has 102 valence electrons. The van der Waals surface area contributed by atoms with Gasteiger partial charge in [-0.05, 0) is 38.3 Å². The quantitative estimate of drug-likeness (QED) is 0.340. The van der Waals surface area contributed by atoms with Gasteiger partial charge in [-0.25, -0.2) is 0 Å². The van der Waals surface area contributed by atoms with Gasteiger partial charge in [0.15, 0.2) is 5.78 Å². The highest BCUT2D eigenvalue weighted by atomic mass is 79.9. The second-order valence-electron chi connectivity index (χ2n) is 4.52. The first kappa shape index (κ1) is 16.4. The number of ketones is 1. The lowest BCUT2D eigenvalue weighted by Crippen LogP contribution is -1.96. The van der Waals surface area contributed by atoms with Crippen molar-refractivity contribution in [3.05, 3.63) is 19.2 Å². The standard InChI is InChI=1S/C14H20Br2OS/c1-2-3-4-5-6-7-8-9-12(17)14-13(16)11(15)10-18-14/h10H,2-9H2,1H3. The van der Waals surface area contributed by atoms with E-state index in [9.17, 15) is 4.79 Å². The number of thiophene rings is 1. The summed E-state index contributed by atoms with van der Waals surface area (Å²) in [5.41, 5.74) is 0. The monoisotopic (exact) mass is 394 g/mol. The molecule has 0 aliphatic rings. The third kappa shape index (κ3) is 5.54. The summed E-state index contributed by atoms with van der Waals surface area (Å²) in [5.74, 6) is 0.270. The molecule has 1 aromatic heterocycles. The van der Waals surface area contributed by atoms with E-state index in [2.05, 4.69) is 38.8 Å². The number of hydrogen-bond donors (Lipinski definition) is 0. The summed E-state index contributed by atoms with van der Waals surface area (Å²) in [6, 6.07) is 0. The van der Waals surface area contributed by atoms with Gasteiger partial charge in [0.1, 0.15) is 0 Å². The first-order valence-electron chi connectivity index (χ1n) is 6.62. The summed E-state index contributed by atoms with van der Waals surface area (Å²) in [6.07, 6.45) is 9.44. The van der Waals surface area contributed by atoms with Gasteiger partial charge in [-0.1, -0.05) is 45.4 Å². The lowest BCUT2D eigenvalue weighted by molar-refractivity contribution is 0.0982. The van der Waals surface area contributed by atoms with Gasteiger partial charge in [-0.15, -0.1) is 11.3 Å². The fourth-order valence-electron chi connectivity index (χ4n) is 1.87. The van der Waals surface area contributed by atoms with E-state index in [0.29, 0.717) is 6.42 Å². The van der Waals surface area contributed by atoms with Gasteiger partial charge in [0.2, 0.25) is 0 Å². The maximum absolute atomic E-state index is 12.0. The first-order chi connectivity index (χ1) is 8.66. The Morgan fingerprint density at radius 3 is 2.28 bits per heavy atom. The number of carbonyl (C=O) groups is 1. The van der Waals surface area contributed by atoms with E-state index >= 15 is 0 Å². The van der Waals surface area contributed by atoms with Gasteiger partial charge in [-0.3, -0.25) is 4.79 Å². The van der Waals surface area contributed by atoms with Crippen molar-refractivity contribution in [2.24, 2.45) is 0 Å². The number of rotatable bonds is 9. The fraction of sp³-hybridized carbons (Fsp3) is 0.643. The van der Waals surface area contributed by atoms with Crippen LogP contribution in [0, 0.1) is 0 Å². The number of unbranched alkanes of at least 4 members (excludes halogenated alkanes) is 6. The van der Waals surface area contributed by atoms with E-state index in [-0.39, 0.29) is 5.78 Å². The molecular weight excluding hydrogens is 376 g/mol. The minimum absolute atomic E-state index is 0.270. The van der Waals surface area contributed by atoms with Crippen molar-refractivity contribution < 1.29 is 4.79 Å². The Kier molecular flexibility index (Phi) is 8.44. The van der Waals surface area contributed by atoms with Crippen LogP contribution in [0.15, 0.2) is 14.3 Å². The van der Waals surface area contributed by atoms with Crippen molar-refractivity contribution >= 4 is 49.0 Å². The van der Waals surface area contributed by atoms with Crippen LogP contribution in [0.3, 0.4) is 0 Å². The summed E-state index contributed by atoms with van der Waals surface area (Å²) < 4.78 is 1.90. The maximum Gasteiger partial charge on any atom is 0.173 e. The normalized spacial score (nSPS) is 10.8. The predicted molar refractivity (Wildman–Crippen MR) is 86.7 cm³/mol.